The maximum absolute atomic E-state index is 12.2. The highest BCUT2D eigenvalue weighted by Crippen LogP contribution is 2.23. The third-order valence-corrected chi connectivity index (χ3v) is 3.17. The molecule has 0 unspecified atom stereocenters. The first kappa shape index (κ1) is 22.4. The molecule has 2 aromatic rings. The Morgan fingerprint density at radius 3 is 2.54 bits per heavy atom. The Morgan fingerprint density at radius 1 is 1.17 bits per heavy atom. The molecule has 2 N–H and O–H groups in total. The standard InChI is InChI=1S/C16H21N3O3.2ClH/c1-12-3-5-13(6-4-12)15-14(19-11-22-15)16(20)18-8-7-17-9-10-21-2;;/h3-6,11,17H,7-10H2,1-2H3,(H,18,20);2*1H. The van der Waals surface area contributed by atoms with E-state index in [1.807, 2.05) is 31.2 Å². The van der Waals surface area contributed by atoms with Crippen LogP contribution in [0.15, 0.2) is 35.1 Å². The zero-order chi connectivity index (χ0) is 15.8. The van der Waals surface area contributed by atoms with Gasteiger partial charge in [0.15, 0.2) is 17.8 Å². The van der Waals surface area contributed by atoms with Crippen molar-refractivity contribution in [1.29, 1.82) is 0 Å². The monoisotopic (exact) mass is 375 g/mol. The summed E-state index contributed by atoms with van der Waals surface area (Å²) in [7, 11) is 1.65. The second-order valence-corrected chi connectivity index (χ2v) is 4.89. The van der Waals surface area contributed by atoms with Crippen LogP contribution in [-0.2, 0) is 4.74 Å². The summed E-state index contributed by atoms with van der Waals surface area (Å²) < 4.78 is 10.3. The first-order chi connectivity index (χ1) is 10.7. The van der Waals surface area contributed by atoms with E-state index in [9.17, 15) is 4.79 Å². The molecule has 2 rings (SSSR count). The maximum Gasteiger partial charge on any atom is 0.273 e. The van der Waals surface area contributed by atoms with Crippen LogP contribution in [0.4, 0.5) is 0 Å². The van der Waals surface area contributed by atoms with E-state index in [0.717, 1.165) is 17.7 Å². The number of methoxy groups -OCH3 is 1. The van der Waals surface area contributed by atoms with Gasteiger partial charge in [-0.1, -0.05) is 29.8 Å². The van der Waals surface area contributed by atoms with Gasteiger partial charge in [0.05, 0.1) is 6.61 Å². The SMILES string of the molecule is COCCNCCNC(=O)c1ncoc1-c1ccc(C)cc1.Cl.Cl. The predicted molar refractivity (Wildman–Crippen MR) is 98.3 cm³/mol. The van der Waals surface area contributed by atoms with E-state index < -0.39 is 0 Å². The lowest BCUT2D eigenvalue weighted by Crippen LogP contribution is -2.33. The number of carbonyl (C=O) groups excluding carboxylic acids is 1. The number of carbonyl (C=O) groups is 1. The van der Waals surface area contributed by atoms with Crippen molar-refractivity contribution in [3.8, 4) is 11.3 Å². The number of halogens is 2. The minimum Gasteiger partial charge on any atom is -0.443 e. The number of hydrogen-bond acceptors (Lipinski definition) is 5. The number of rotatable bonds is 8. The third-order valence-electron chi connectivity index (χ3n) is 3.17. The maximum atomic E-state index is 12.2. The predicted octanol–water partition coefficient (Wildman–Crippen LogP) is 2.46. The first-order valence-corrected chi connectivity index (χ1v) is 7.20. The normalized spacial score (nSPS) is 9.75. The van der Waals surface area contributed by atoms with Gasteiger partial charge in [-0.25, -0.2) is 4.98 Å². The van der Waals surface area contributed by atoms with E-state index in [1.165, 1.54) is 6.39 Å². The van der Waals surface area contributed by atoms with Crippen molar-refractivity contribution < 1.29 is 13.9 Å². The summed E-state index contributed by atoms with van der Waals surface area (Å²) >= 11 is 0. The van der Waals surface area contributed by atoms with Crippen molar-refractivity contribution in [2.75, 3.05) is 33.4 Å². The minimum atomic E-state index is -0.238. The van der Waals surface area contributed by atoms with Crippen LogP contribution in [0, 0.1) is 6.92 Å². The van der Waals surface area contributed by atoms with Gasteiger partial charge >= 0.3 is 0 Å². The molecule has 0 atom stereocenters. The molecule has 0 saturated carbocycles. The van der Waals surface area contributed by atoms with Crippen LogP contribution in [0.2, 0.25) is 0 Å². The van der Waals surface area contributed by atoms with E-state index in [0.29, 0.717) is 31.2 Å². The summed E-state index contributed by atoms with van der Waals surface area (Å²) in [6.45, 7) is 4.60. The van der Waals surface area contributed by atoms with Crippen LogP contribution in [0.25, 0.3) is 11.3 Å². The average molecular weight is 376 g/mol. The molecule has 0 aliphatic carbocycles. The third kappa shape index (κ3) is 6.49. The second-order valence-electron chi connectivity index (χ2n) is 4.89. The van der Waals surface area contributed by atoms with Crippen LogP contribution >= 0.6 is 24.8 Å². The molecule has 1 heterocycles. The molecule has 0 aliphatic rings. The van der Waals surface area contributed by atoms with Crippen LogP contribution < -0.4 is 10.6 Å². The molecular weight excluding hydrogens is 353 g/mol. The first-order valence-electron chi connectivity index (χ1n) is 7.20. The smallest absolute Gasteiger partial charge is 0.273 e. The van der Waals surface area contributed by atoms with Crippen LogP contribution in [0.1, 0.15) is 16.1 Å². The zero-order valence-electron chi connectivity index (χ0n) is 13.7. The van der Waals surface area contributed by atoms with Crippen molar-refractivity contribution >= 4 is 30.7 Å². The fraction of sp³-hybridized carbons (Fsp3) is 0.375. The lowest BCUT2D eigenvalue weighted by molar-refractivity contribution is 0.0949. The van der Waals surface area contributed by atoms with Crippen LogP contribution in [0.5, 0.6) is 0 Å². The van der Waals surface area contributed by atoms with Crippen LogP contribution in [-0.4, -0.2) is 44.2 Å². The Morgan fingerprint density at radius 2 is 1.88 bits per heavy atom. The number of amides is 1. The quantitative estimate of drug-likeness (QED) is 0.693. The molecule has 1 amide bonds. The van der Waals surface area contributed by atoms with Gasteiger partial charge in [0.2, 0.25) is 0 Å². The summed E-state index contributed by atoms with van der Waals surface area (Å²) in [5.41, 5.74) is 2.30. The molecule has 1 aromatic carbocycles. The van der Waals surface area contributed by atoms with Crippen molar-refractivity contribution in [1.82, 2.24) is 15.6 Å². The highest BCUT2D eigenvalue weighted by Gasteiger charge is 2.17. The Kier molecular flexibility index (Phi) is 11.1. The lowest BCUT2D eigenvalue weighted by atomic mass is 10.1. The molecule has 0 saturated heterocycles. The number of nitrogens with one attached hydrogen (secondary N) is 2. The van der Waals surface area contributed by atoms with Gasteiger partial charge in [-0.05, 0) is 6.92 Å². The van der Waals surface area contributed by atoms with Gasteiger partial charge in [0, 0.05) is 32.3 Å². The summed E-state index contributed by atoms with van der Waals surface area (Å²) in [5, 5.41) is 5.97. The Bertz CT molecular complexity index is 603. The van der Waals surface area contributed by atoms with Gasteiger partial charge in [0.1, 0.15) is 0 Å². The molecule has 1 aromatic heterocycles. The minimum absolute atomic E-state index is 0. The molecule has 0 fully saturated rings. The van der Waals surface area contributed by atoms with Gasteiger partial charge < -0.3 is 19.8 Å². The molecule has 8 heteroatoms. The number of oxazole rings is 1. The van der Waals surface area contributed by atoms with Gasteiger partial charge in [-0.2, -0.15) is 0 Å². The topological polar surface area (TPSA) is 76.4 Å². The van der Waals surface area contributed by atoms with Crippen molar-refractivity contribution in [2.24, 2.45) is 0 Å². The highest BCUT2D eigenvalue weighted by molar-refractivity contribution is 5.97. The van der Waals surface area contributed by atoms with Gasteiger partial charge in [0.25, 0.3) is 5.91 Å². The fourth-order valence-corrected chi connectivity index (χ4v) is 1.97. The number of aryl methyl sites for hydroxylation is 1. The van der Waals surface area contributed by atoms with E-state index in [1.54, 1.807) is 7.11 Å². The Hall–Kier alpha value is -1.60. The summed E-state index contributed by atoms with van der Waals surface area (Å²) in [4.78, 5) is 16.2. The molecule has 6 nitrogen and oxygen atoms in total. The number of benzene rings is 1. The molecule has 134 valence electrons. The lowest BCUT2D eigenvalue weighted by Gasteiger charge is -2.06. The fourth-order valence-electron chi connectivity index (χ4n) is 1.97. The van der Waals surface area contributed by atoms with Gasteiger partial charge in [-0.3, -0.25) is 4.79 Å². The molecule has 0 aliphatic heterocycles. The number of hydrogen-bond donors (Lipinski definition) is 2. The average Bonchev–Trinajstić information content (AvgIpc) is 3.01. The largest absolute Gasteiger partial charge is 0.443 e. The molecule has 0 spiro atoms. The van der Waals surface area contributed by atoms with Crippen molar-refractivity contribution in [3.05, 3.63) is 41.9 Å². The van der Waals surface area contributed by atoms with Gasteiger partial charge in [-0.15, -0.1) is 24.8 Å². The summed E-state index contributed by atoms with van der Waals surface area (Å²) in [5.74, 6) is 0.253. The highest BCUT2D eigenvalue weighted by atomic mass is 35.5. The van der Waals surface area contributed by atoms with E-state index in [-0.39, 0.29) is 30.7 Å². The Labute approximate surface area is 154 Å². The number of aromatic nitrogens is 1. The number of ether oxygens (including phenoxy) is 1. The molecule has 24 heavy (non-hydrogen) atoms. The zero-order valence-corrected chi connectivity index (χ0v) is 15.3. The van der Waals surface area contributed by atoms with E-state index in [2.05, 4.69) is 15.6 Å². The van der Waals surface area contributed by atoms with E-state index >= 15 is 0 Å². The van der Waals surface area contributed by atoms with E-state index in [4.69, 9.17) is 9.15 Å². The Balaban J connectivity index is 0.00000264. The van der Waals surface area contributed by atoms with Crippen molar-refractivity contribution in [3.63, 3.8) is 0 Å². The molecule has 0 bridgehead atoms. The summed E-state index contributed by atoms with van der Waals surface area (Å²) in [6.07, 6.45) is 1.29. The number of nitrogens with zero attached hydrogens (tertiary/aromatic N) is 1. The molecule has 0 radical (unpaired) electrons. The molecular formula is C16H23Cl2N3O3. The van der Waals surface area contributed by atoms with Crippen molar-refractivity contribution in [2.45, 2.75) is 6.92 Å². The second kappa shape index (κ2) is 11.9. The summed E-state index contributed by atoms with van der Waals surface area (Å²) in [6, 6.07) is 7.77. The van der Waals surface area contributed by atoms with Crippen LogP contribution in [0.3, 0.4) is 0 Å².